The van der Waals surface area contributed by atoms with Gasteiger partial charge in [-0.2, -0.15) is 0 Å². The Kier molecular flexibility index (Phi) is 7.11. The molecule has 0 bridgehead atoms. The minimum atomic E-state index is -0.656. The quantitative estimate of drug-likeness (QED) is 0.651. The van der Waals surface area contributed by atoms with Crippen LogP contribution in [0.25, 0.3) is 0 Å². The molecule has 0 saturated carbocycles. The highest BCUT2D eigenvalue weighted by Crippen LogP contribution is 2.42. The summed E-state index contributed by atoms with van der Waals surface area (Å²) in [5.41, 5.74) is 2.80. The highest BCUT2D eigenvalue weighted by atomic mass is 16.3. The van der Waals surface area contributed by atoms with Gasteiger partial charge in [0, 0.05) is 42.3 Å². The molecule has 0 radical (unpaired) electrons. The number of fused-ring (bicyclic) bond motifs is 1. The third kappa shape index (κ3) is 4.97. The number of benzene rings is 2. The monoisotopic (exact) mass is 433 g/mol. The largest absolute Gasteiger partial charge is 0.395 e. The number of nitrogens with zero attached hydrogens (tertiary/aromatic N) is 2. The molecule has 2 aliphatic rings. The molecule has 32 heavy (non-hydrogen) atoms. The molecule has 6 nitrogen and oxygen atoms in total. The van der Waals surface area contributed by atoms with E-state index in [-0.39, 0.29) is 30.6 Å². The first-order chi connectivity index (χ1) is 15.6. The highest BCUT2D eigenvalue weighted by molar-refractivity contribution is 5.89. The van der Waals surface area contributed by atoms with Gasteiger partial charge >= 0.3 is 6.03 Å². The van der Waals surface area contributed by atoms with Crippen LogP contribution in [0.4, 0.5) is 10.5 Å². The van der Waals surface area contributed by atoms with Crippen molar-refractivity contribution in [3.63, 3.8) is 0 Å². The fraction of sp³-hybridized carbons (Fsp3) is 0.423. The Bertz CT molecular complexity index is 965. The summed E-state index contributed by atoms with van der Waals surface area (Å²) in [6.07, 6.45) is 1.30. The lowest BCUT2D eigenvalue weighted by Crippen LogP contribution is -2.68. The molecule has 0 spiro atoms. The number of carbonyl (C=O) groups excluding carboxylic acids is 1. The second-order valence-corrected chi connectivity index (χ2v) is 8.60. The molecular weight excluding hydrogens is 402 g/mol. The number of rotatable bonds is 3. The number of nitrogens with one attached hydrogen (secondary N) is 1. The first-order valence-electron chi connectivity index (χ1n) is 11.3. The number of hydrogen-bond donors (Lipinski definition) is 3. The van der Waals surface area contributed by atoms with Crippen LogP contribution in [-0.4, -0.2) is 70.5 Å². The molecule has 4 atom stereocenters. The van der Waals surface area contributed by atoms with Crippen molar-refractivity contribution >= 4 is 11.7 Å². The Morgan fingerprint density at radius 1 is 1.12 bits per heavy atom. The van der Waals surface area contributed by atoms with Crippen molar-refractivity contribution in [1.82, 2.24) is 9.80 Å². The van der Waals surface area contributed by atoms with E-state index in [1.807, 2.05) is 47.4 Å². The first kappa shape index (κ1) is 22.3. The summed E-state index contributed by atoms with van der Waals surface area (Å²) in [6, 6.07) is 17.7. The van der Waals surface area contributed by atoms with Crippen LogP contribution in [-0.2, 0) is 0 Å². The van der Waals surface area contributed by atoms with E-state index in [1.165, 1.54) is 0 Å². The standard InChI is InChI=1S/C26H31N3O3/c1-19(31)9-10-20-11-13-21(14-12-20)25-23-17-28(15-5-6-16-29(23)24(25)18-30)26(32)27-22-7-3-2-4-8-22/h2-4,7-8,11-14,19,23-25,30-31H,5-6,15-18H2,1H3,(H,27,32)/t19-,23-,24-,25+/m0/s1. The summed E-state index contributed by atoms with van der Waals surface area (Å²) in [7, 11) is 0. The van der Waals surface area contributed by atoms with Gasteiger partial charge in [0.2, 0.25) is 0 Å². The van der Waals surface area contributed by atoms with Gasteiger partial charge in [-0.05, 0) is 56.1 Å². The fourth-order valence-corrected chi connectivity index (χ4v) is 4.83. The fourth-order valence-electron chi connectivity index (χ4n) is 4.83. The van der Waals surface area contributed by atoms with E-state index in [9.17, 15) is 15.0 Å². The molecule has 2 amide bonds. The third-order valence-corrected chi connectivity index (χ3v) is 6.40. The summed E-state index contributed by atoms with van der Waals surface area (Å²) in [5.74, 6) is 5.89. The Balaban J connectivity index is 1.51. The first-order valence-corrected chi connectivity index (χ1v) is 11.3. The van der Waals surface area contributed by atoms with Crippen molar-refractivity contribution in [2.45, 2.75) is 43.9 Å². The molecule has 0 aromatic heterocycles. The van der Waals surface area contributed by atoms with Crippen molar-refractivity contribution in [2.75, 3.05) is 31.6 Å². The van der Waals surface area contributed by atoms with E-state index in [0.717, 1.165) is 42.7 Å². The molecule has 2 heterocycles. The molecule has 2 saturated heterocycles. The van der Waals surface area contributed by atoms with Gasteiger partial charge in [0.25, 0.3) is 0 Å². The van der Waals surface area contributed by atoms with E-state index in [2.05, 4.69) is 34.2 Å². The molecule has 0 aliphatic carbocycles. The maximum atomic E-state index is 13.0. The van der Waals surface area contributed by atoms with Gasteiger partial charge in [0.05, 0.1) is 6.61 Å². The SMILES string of the molecule is C[C@H](O)C#Cc1ccc([C@H]2[C@H](CO)N3CCCCN(C(=O)Nc4ccccc4)C[C@@H]23)cc1. The number of aliphatic hydroxyl groups excluding tert-OH is 2. The van der Waals surface area contributed by atoms with Crippen molar-refractivity contribution < 1.29 is 15.0 Å². The Morgan fingerprint density at radius 3 is 2.53 bits per heavy atom. The normalized spacial score (nSPS) is 24.1. The van der Waals surface area contributed by atoms with Gasteiger partial charge in [0.15, 0.2) is 0 Å². The van der Waals surface area contributed by atoms with Crippen LogP contribution >= 0.6 is 0 Å². The second-order valence-electron chi connectivity index (χ2n) is 8.60. The predicted octanol–water partition coefficient (Wildman–Crippen LogP) is 2.88. The molecule has 2 aromatic carbocycles. The van der Waals surface area contributed by atoms with Gasteiger partial charge in [-0.15, -0.1) is 0 Å². The molecule has 0 unspecified atom stereocenters. The summed E-state index contributed by atoms with van der Waals surface area (Å²) >= 11 is 0. The van der Waals surface area contributed by atoms with Crippen molar-refractivity contribution in [1.29, 1.82) is 0 Å². The van der Waals surface area contributed by atoms with Crippen LogP contribution < -0.4 is 5.32 Å². The van der Waals surface area contributed by atoms with Crippen LogP contribution in [0.15, 0.2) is 54.6 Å². The molecule has 2 fully saturated rings. The molecule has 6 heteroatoms. The minimum Gasteiger partial charge on any atom is -0.395 e. The molecule has 2 aliphatic heterocycles. The summed E-state index contributed by atoms with van der Waals surface area (Å²) in [5, 5.41) is 22.5. The van der Waals surface area contributed by atoms with Crippen molar-refractivity contribution in [3.8, 4) is 11.8 Å². The van der Waals surface area contributed by atoms with Crippen LogP contribution in [0.5, 0.6) is 0 Å². The lowest BCUT2D eigenvalue weighted by Gasteiger charge is -2.57. The zero-order chi connectivity index (χ0) is 22.5. The second kappa shape index (κ2) is 10.2. The number of carbonyl (C=O) groups is 1. The predicted molar refractivity (Wildman–Crippen MR) is 125 cm³/mol. The zero-order valence-electron chi connectivity index (χ0n) is 18.4. The number of para-hydroxylation sites is 1. The van der Waals surface area contributed by atoms with E-state index in [4.69, 9.17) is 0 Å². The number of amides is 2. The van der Waals surface area contributed by atoms with Gasteiger partial charge in [0.1, 0.15) is 6.10 Å². The maximum absolute atomic E-state index is 13.0. The van der Waals surface area contributed by atoms with Crippen LogP contribution in [0, 0.1) is 11.8 Å². The van der Waals surface area contributed by atoms with Gasteiger partial charge in [-0.1, -0.05) is 42.2 Å². The average molecular weight is 434 g/mol. The van der Waals surface area contributed by atoms with E-state index >= 15 is 0 Å². The van der Waals surface area contributed by atoms with Crippen molar-refractivity contribution in [2.24, 2.45) is 0 Å². The van der Waals surface area contributed by atoms with Gasteiger partial charge in [-0.3, -0.25) is 4.90 Å². The van der Waals surface area contributed by atoms with Crippen LogP contribution in [0.3, 0.4) is 0 Å². The Morgan fingerprint density at radius 2 is 1.84 bits per heavy atom. The number of aliphatic hydroxyl groups is 2. The lowest BCUT2D eigenvalue weighted by atomic mass is 9.74. The summed E-state index contributed by atoms with van der Waals surface area (Å²) < 4.78 is 0. The highest BCUT2D eigenvalue weighted by Gasteiger charge is 2.49. The number of anilines is 1. The topological polar surface area (TPSA) is 76.0 Å². The minimum absolute atomic E-state index is 0.0616. The molecule has 2 aromatic rings. The average Bonchev–Trinajstić information content (AvgIpc) is 2.78. The zero-order valence-corrected chi connectivity index (χ0v) is 18.4. The van der Waals surface area contributed by atoms with Crippen LogP contribution in [0.2, 0.25) is 0 Å². The Labute approximate surface area is 189 Å². The van der Waals surface area contributed by atoms with E-state index < -0.39 is 6.10 Å². The number of hydrogen-bond acceptors (Lipinski definition) is 4. The number of urea groups is 1. The smallest absolute Gasteiger partial charge is 0.321 e. The van der Waals surface area contributed by atoms with E-state index in [1.54, 1.807) is 6.92 Å². The Hall–Kier alpha value is -2.85. The maximum Gasteiger partial charge on any atom is 0.321 e. The summed E-state index contributed by atoms with van der Waals surface area (Å²) in [4.78, 5) is 17.3. The molecule has 4 rings (SSSR count). The lowest BCUT2D eigenvalue weighted by molar-refractivity contribution is -0.0585. The molecular formula is C26H31N3O3. The third-order valence-electron chi connectivity index (χ3n) is 6.40. The molecule has 3 N–H and O–H groups in total. The van der Waals surface area contributed by atoms with Crippen LogP contribution in [0.1, 0.15) is 36.8 Å². The summed E-state index contributed by atoms with van der Waals surface area (Å²) in [6.45, 7) is 4.04. The molecule has 168 valence electrons. The van der Waals surface area contributed by atoms with Crippen molar-refractivity contribution in [3.05, 3.63) is 65.7 Å². The van der Waals surface area contributed by atoms with E-state index in [0.29, 0.717) is 6.54 Å². The van der Waals surface area contributed by atoms with Gasteiger partial charge < -0.3 is 20.4 Å². The van der Waals surface area contributed by atoms with Gasteiger partial charge in [-0.25, -0.2) is 4.79 Å².